The van der Waals surface area contributed by atoms with E-state index in [1.54, 1.807) is 18.2 Å². The van der Waals surface area contributed by atoms with Crippen molar-refractivity contribution in [2.45, 2.75) is 18.8 Å². The predicted molar refractivity (Wildman–Crippen MR) is 80.3 cm³/mol. The summed E-state index contributed by atoms with van der Waals surface area (Å²) in [5.74, 6) is 0.529. The van der Waals surface area contributed by atoms with Crippen LogP contribution in [0, 0.1) is 0 Å². The third-order valence-electron chi connectivity index (χ3n) is 3.43. The van der Waals surface area contributed by atoms with Crippen molar-refractivity contribution < 1.29 is 14.6 Å². The molecular weight excluding hydrogens is 284 g/mol. The molecule has 22 heavy (non-hydrogen) atoms. The van der Waals surface area contributed by atoms with Gasteiger partial charge >= 0.3 is 0 Å². The molecule has 0 atom stereocenters. The zero-order valence-corrected chi connectivity index (χ0v) is 12.0. The van der Waals surface area contributed by atoms with Gasteiger partial charge in [-0.15, -0.1) is 0 Å². The Labute approximate surface area is 127 Å². The minimum absolute atomic E-state index is 0.0131. The number of nitrogens with one attached hydrogen (secondary N) is 2. The largest absolute Gasteiger partial charge is 0.504 e. The summed E-state index contributed by atoms with van der Waals surface area (Å²) in [6.45, 7) is 0. The van der Waals surface area contributed by atoms with Crippen LogP contribution in [0.4, 0.5) is 0 Å². The SMILES string of the molecule is COc1ccc(/C=N/NC(=O)c2cc(C3CC3)[nH]n2)cc1O. The van der Waals surface area contributed by atoms with Crippen molar-refractivity contribution in [2.75, 3.05) is 7.11 Å². The van der Waals surface area contributed by atoms with E-state index in [9.17, 15) is 9.90 Å². The standard InChI is InChI=1S/C15H16N4O3/c1-22-14-5-2-9(6-13(14)20)8-16-19-15(21)12-7-11(17-18-12)10-3-4-10/h2,5-8,10,20H,3-4H2,1H3,(H,17,18)(H,19,21)/b16-8+. The summed E-state index contributed by atoms with van der Waals surface area (Å²) < 4.78 is 4.95. The Morgan fingerprint density at radius 1 is 1.50 bits per heavy atom. The summed E-state index contributed by atoms with van der Waals surface area (Å²) >= 11 is 0. The molecule has 3 N–H and O–H groups in total. The average molecular weight is 300 g/mol. The molecule has 0 unspecified atom stereocenters. The summed E-state index contributed by atoms with van der Waals surface area (Å²) in [6.07, 6.45) is 3.72. The summed E-state index contributed by atoms with van der Waals surface area (Å²) in [5.41, 5.74) is 4.35. The second-order valence-electron chi connectivity index (χ2n) is 5.11. The van der Waals surface area contributed by atoms with Crippen molar-refractivity contribution in [1.29, 1.82) is 0 Å². The molecule has 0 radical (unpaired) electrons. The number of carbonyl (C=O) groups excluding carboxylic acids is 1. The number of methoxy groups -OCH3 is 1. The van der Waals surface area contributed by atoms with Crippen molar-refractivity contribution in [3.05, 3.63) is 41.2 Å². The summed E-state index contributed by atoms with van der Waals surface area (Å²) in [6, 6.07) is 6.58. The van der Waals surface area contributed by atoms with E-state index in [4.69, 9.17) is 4.74 Å². The van der Waals surface area contributed by atoms with Crippen LogP contribution >= 0.6 is 0 Å². The highest BCUT2D eigenvalue weighted by Gasteiger charge is 2.26. The van der Waals surface area contributed by atoms with Gasteiger partial charge in [0.05, 0.1) is 13.3 Å². The molecule has 2 aromatic rings. The van der Waals surface area contributed by atoms with Crippen molar-refractivity contribution in [1.82, 2.24) is 15.6 Å². The number of phenols is 1. The van der Waals surface area contributed by atoms with Crippen molar-refractivity contribution in [3.8, 4) is 11.5 Å². The highest BCUT2D eigenvalue weighted by atomic mass is 16.5. The summed E-state index contributed by atoms with van der Waals surface area (Å²) in [5, 5.41) is 20.3. The number of carbonyl (C=O) groups is 1. The number of phenolic OH excluding ortho intramolecular Hbond substituents is 1. The first-order valence-electron chi connectivity index (χ1n) is 6.93. The molecule has 114 valence electrons. The molecule has 1 aliphatic rings. The molecule has 0 aliphatic heterocycles. The lowest BCUT2D eigenvalue weighted by Gasteiger charge is -2.02. The first-order chi connectivity index (χ1) is 10.7. The molecule has 7 nitrogen and oxygen atoms in total. The molecule has 1 fully saturated rings. The highest BCUT2D eigenvalue weighted by Crippen LogP contribution is 2.38. The first kappa shape index (κ1) is 14.1. The maximum atomic E-state index is 11.9. The van der Waals surface area contributed by atoms with Crippen LogP contribution in [0.2, 0.25) is 0 Å². The molecule has 1 aliphatic carbocycles. The number of benzene rings is 1. The Morgan fingerprint density at radius 2 is 2.32 bits per heavy atom. The third-order valence-corrected chi connectivity index (χ3v) is 3.43. The van der Waals surface area contributed by atoms with Gasteiger partial charge in [-0.05, 0) is 42.7 Å². The van der Waals surface area contributed by atoms with E-state index < -0.39 is 0 Å². The van der Waals surface area contributed by atoms with Gasteiger partial charge in [0.15, 0.2) is 17.2 Å². The van der Waals surface area contributed by atoms with Crippen molar-refractivity contribution in [3.63, 3.8) is 0 Å². The van der Waals surface area contributed by atoms with E-state index in [-0.39, 0.29) is 11.7 Å². The number of hydrogen-bond donors (Lipinski definition) is 3. The van der Waals surface area contributed by atoms with Crippen LogP contribution in [-0.4, -0.2) is 34.5 Å². The lowest BCUT2D eigenvalue weighted by atomic mass is 10.2. The summed E-state index contributed by atoms with van der Waals surface area (Å²) in [7, 11) is 1.48. The lowest BCUT2D eigenvalue weighted by Crippen LogP contribution is -2.18. The minimum Gasteiger partial charge on any atom is -0.504 e. The van der Waals surface area contributed by atoms with Crippen molar-refractivity contribution in [2.24, 2.45) is 5.10 Å². The van der Waals surface area contributed by atoms with Crippen LogP contribution in [0.3, 0.4) is 0 Å². The first-order valence-corrected chi connectivity index (χ1v) is 6.93. The molecule has 1 aromatic carbocycles. The number of aromatic nitrogens is 2. The van der Waals surface area contributed by atoms with Gasteiger partial charge in [-0.2, -0.15) is 10.2 Å². The fourth-order valence-corrected chi connectivity index (χ4v) is 2.07. The van der Waals surface area contributed by atoms with Gasteiger partial charge in [0.25, 0.3) is 5.91 Å². The third kappa shape index (κ3) is 3.08. The van der Waals surface area contributed by atoms with Gasteiger partial charge in [-0.1, -0.05) is 0 Å². The maximum Gasteiger partial charge on any atom is 0.291 e. The fourth-order valence-electron chi connectivity index (χ4n) is 2.07. The Morgan fingerprint density at radius 3 is 3.00 bits per heavy atom. The summed E-state index contributed by atoms with van der Waals surface area (Å²) in [4.78, 5) is 11.9. The lowest BCUT2D eigenvalue weighted by molar-refractivity contribution is 0.0950. The number of hydrazone groups is 1. The molecule has 1 aromatic heterocycles. The molecule has 1 amide bonds. The van der Waals surface area contributed by atoms with Crippen LogP contribution in [0.15, 0.2) is 29.4 Å². The molecule has 1 heterocycles. The molecule has 7 heteroatoms. The number of ether oxygens (including phenoxy) is 1. The van der Waals surface area contributed by atoms with Crippen LogP contribution in [0.25, 0.3) is 0 Å². The molecule has 1 saturated carbocycles. The van der Waals surface area contributed by atoms with Gasteiger partial charge in [0.2, 0.25) is 0 Å². The Balaban J connectivity index is 1.60. The number of H-pyrrole nitrogens is 1. The van der Waals surface area contributed by atoms with E-state index in [2.05, 4.69) is 20.7 Å². The normalized spacial score (nSPS) is 14.2. The Bertz CT molecular complexity index is 719. The quantitative estimate of drug-likeness (QED) is 0.578. The minimum atomic E-state index is -0.378. The number of aromatic amines is 1. The maximum absolute atomic E-state index is 11.9. The Kier molecular flexibility index (Phi) is 3.78. The predicted octanol–water partition coefficient (Wildman–Crippen LogP) is 1.77. The smallest absolute Gasteiger partial charge is 0.291 e. The molecular formula is C15H16N4O3. The van der Waals surface area contributed by atoms with Gasteiger partial charge in [0.1, 0.15) is 0 Å². The van der Waals surface area contributed by atoms with Crippen molar-refractivity contribution >= 4 is 12.1 Å². The molecule has 0 saturated heterocycles. The topological polar surface area (TPSA) is 99.6 Å². The van der Waals surface area contributed by atoms with E-state index in [0.29, 0.717) is 22.9 Å². The van der Waals surface area contributed by atoms with E-state index in [1.807, 2.05) is 0 Å². The Hall–Kier alpha value is -2.83. The van der Waals surface area contributed by atoms with Gasteiger partial charge in [-0.3, -0.25) is 9.89 Å². The zero-order chi connectivity index (χ0) is 15.5. The number of aromatic hydroxyl groups is 1. The number of rotatable bonds is 5. The number of nitrogens with zero attached hydrogens (tertiary/aromatic N) is 2. The highest BCUT2D eigenvalue weighted by molar-refractivity contribution is 5.93. The second-order valence-corrected chi connectivity index (χ2v) is 5.11. The van der Waals surface area contributed by atoms with Gasteiger partial charge in [-0.25, -0.2) is 5.43 Å². The molecule has 0 bridgehead atoms. The van der Waals surface area contributed by atoms with E-state index in [1.165, 1.54) is 19.4 Å². The van der Waals surface area contributed by atoms with E-state index in [0.717, 1.165) is 18.5 Å². The average Bonchev–Trinajstić information content (AvgIpc) is 3.24. The second kappa shape index (κ2) is 5.88. The molecule has 0 spiro atoms. The fraction of sp³-hybridized carbons (Fsp3) is 0.267. The van der Waals surface area contributed by atoms with Gasteiger partial charge < -0.3 is 9.84 Å². The van der Waals surface area contributed by atoms with Crippen LogP contribution in [0.1, 0.15) is 40.5 Å². The number of amides is 1. The monoisotopic (exact) mass is 300 g/mol. The van der Waals surface area contributed by atoms with E-state index >= 15 is 0 Å². The van der Waals surface area contributed by atoms with Crippen LogP contribution in [0.5, 0.6) is 11.5 Å². The van der Waals surface area contributed by atoms with Crippen LogP contribution < -0.4 is 10.2 Å². The number of hydrogen-bond acceptors (Lipinski definition) is 5. The zero-order valence-electron chi connectivity index (χ0n) is 12.0. The molecule has 3 rings (SSSR count). The van der Waals surface area contributed by atoms with Gasteiger partial charge in [0, 0.05) is 11.6 Å². The van der Waals surface area contributed by atoms with Crippen LogP contribution in [-0.2, 0) is 0 Å².